The standard InChI is InChI=1S/C21H31N3O2/c1-16-5-2-3-6-18(16)23-12-7-17(8-13-23)24-14-9-19(25)21(15-24)10-4-11-22-20(21)26/h2-3,5-6,17,19,25H,4,7-15H2,1H3,(H,22,26)/t19-,21+/m0/s1. The van der Waals surface area contributed by atoms with E-state index in [1.165, 1.54) is 11.3 Å². The summed E-state index contributed by atoms with van der Waals surface area (Å²) in [6, 6.07) is 9.13. The number of carbonyl (C=O) groups excluding carboxylic acids is 1. The van der Waals surface area contributed by atoms with Crippen molar-refractivity contribution in [1.29, 1.82) is 0 Å². The Kier molecular flexibility index (Phi) is 4.93. The van der Waals surface area contributed by atoms with Crippen molar-refractivity contribution >= 4 is 11.6 Å². The van der Waals surface area contributed by atoms with Crippen molar-refractivity contribution in [1.82, 2.24) is 10.2 Å². The summed E-state index contributed by atoms with van der Waals surface area (Å²) in [6.07, 6.45) is 4.27. The molecule has 0 bridgehead atoms. The molecule has 0 aliphatic carbocycles. The molecule has 5 nitrogen and oxygen atoms in total. The molecule has 1 aromatic carbocycles. The minimum Gasteiger partial charge on any atom is -0.392 e. The van der Waals surface area contributed by atoms with Crippen molar-refractivity contribution in [2.45, 2.75) is 51.2 Å². The minimum atomic E-state index is -0.580. The van der Waals surface area contributed by atoms with Gasteiger partial charge in [0, 0.05) is 44.5 Å². The highest BCUT2D eigenvalue weighted by Crippen LogP contribution is 2.39. The van der Waals surface area contributed by atoms with E-state index >= 15 is 0 Å². The quantitative estimate of drug-likeness (QED) is 0.849. The van der Waals surface area contributed by atoms with Crippen LogP contribution in [0.2, 0.25) is 0 Å². The molecule has 2 N–H and O–H groups in total. The van der Waals surface area contributed by atoms with Gasteiger partial charge in [0.2, 0.25) is 5.91 Å². The van der Waals surface area contributed by atoms with Crippen LogP contribution < -0.4 is 10.2 Å². The zero-order chi connectivity index (χ0) is 18.1. The first kappa shape index (κ1) is 17.8. The van der Waals surface area contributed by atoms with E-state index in [1.54, 1.807) is 0 Å². The average Bonchev–Trinajstić information content (AvgIpc) is 2.67. The lowest BCUT2D eigenvalue weighted by Gasteiger charge is -2.50. The van der Waals surface area contributed by atoms with Gasteiger partial charge >= 0.3 is 0 Å². The Balaban J connectivity index is 1.41. The fourth-order valence-electron chi connectivity index (χ4n) is 5.18. The van der Waals surface area contributed by atoms with Crippen LogP contribution in [0.25, 0.3) is 0 Å². The van der Waals surface area contributed by atoms with Crippen molar-refractivity contribution in [3.63, 3.8) is 0 Å². The van der Waals surface area contributed by atoms with Gasteiger partial charge in [0.25, 0.3) is 0 Å². The summed E-state index contributed by atoms with van der Waals surface area (Å²) in [4.78, 5) is 17.6. The fraction of sp³-hybridized carbons (Fsp3) is 0.667. The molecule has 1 aromatic rings. The topological polar surface area (TPSA) is 55.8 Å². The number of nitrogens with zero attached hydrogens (tertiary/aromatic N) is 2. The molecular formula is C21H31N3O2. The number of hydrogen-bond donors (Lipinski definition) is 2. The number of rotatable bonds is 2. The van der Waals surface area contributed by atoms with E-state index in [-0.39, 0.29) is 5.91 Å². The zero-order valence-electron chi connectivity index (χ0n) is 15.8. The number of hydrogen-bond acceptors (Lipinski definition) is 4. The van der Waals surface area contributed by atoms with Gasteiger partial charge in [0.1, 0.15) is 0 Å². The van der Waals surface area contributed by atoms with Gasteiger partial charge in [-0.05, 0) is 50.7 Å². The molecule has 3 fully saturated rings. The van der Waals surface area contributed by atoms with Gasteiger partial charge in [-0.25, -0.2) is 0 Å². The summed E-state index contributed by atoms with van der Waals surface area (Å²) in [7, 11) is 0. The second kappa shape index (κ2) is 7.20. The van der Waals surface area contributed by atoms with Crippen molar-refractivity contribution < 1.29 is 9.90 Å². The molecule has 4 rings (SSSR count). The molecule has 3 aliphatic heterocycles. The van der Waals surface area contributed by atoms with E-state index in [4.69, 9.17) is 0 Å². The lowest BCUT2D eigenvalue weighted by atomic mass is 9.71. The van der Waals surface area contributed by atoms with Crippen molar-refractivity contribution in [2.75, 3.05) is 37.6 Å². The van der Waals surface area contributed by atoms with Gasteiger partial charge in [0.05, 0.1) is 11.5 Å². The number of benzene rings is 1. The highest BCUT2D eigenvalue weighted by Gasteiger charge is 2.50. The first-order valence-corrected chi connectivity index (χ1v) is 10.1. The van der Waals surface area contributed by atoms with Crippen LogP contribution in [0.15, 0.2) is 24.3 Å². The Morgan fingerprint density at radius 1 is 1.15 bits per heavy atom. The molecule has 142 valence electrons. The lowest BCUT2D eigenvalue weighted by molar-refractivity contribution is -0.150. The van der Waals surface area contributed by atoms with Crippen molar-refractivity contribution in [3.8, 4) is 0 Å². The Morgan fingerprint density at radius 3 is 2.65 bits per heavy atom. The van der Waals surface area contributed by atoms with Crippen LogP contribution in [0.1, 0.15) is 37.7 Å². The van der Waals surface area contributed by atoms with E-state index < -0.39 is 11.5 Å². The largest absolute Gasteiger partial charge is 0.392 e. The number of likely N-dealkylation sites (tertiary alicyclic amines) is 1. The summed E-state index contributed by atoms with van der Waals surface area (Å²) in [5.41, 5.74) is 2.11. The highest BCUT2D eigenvalue weighted by atomic mass is 16.3. The molecule has 26 heavy (non-hydrogen) atoms. The molecule has 3 aliphatic rings. The first-order chi connectivity index (χ1) is 12.6. The number of aryl methyl sites for hydroxylation is 1. The van der Waals surface area contributed by atoms with Crippen LogP contribution in [-0.4, -0.2) is 60.8 Å². The van der Waals surface area contributed by atoms with E-state index in [0.717, 1.165) is 58.4 Å². The van der Waals surface area contributed by atoms with Crippen LogP contribution in [0.5, 0.6) is 0 Å². The highest BCUT2D eigenvalue weighted by molar-refractivity contribution is 5.84. The number of carbonyl (C=O) groups is 1. The molecular weight excluding hydrogens is 326 g/mol. The predicted molar refractivity (Wildman–Crippen MR) is 103 cm³/mol. The predicted octanol–water partition coefficient (Wildman–Crippen LogP) is 1.93. The van der Waals surface area contributed by atoms with E-state index in [2.05, 4.69) is 46.3 Å². The summed E-state index contributed by atoms with van der Waals surface area (Å²) in [6.45, 7) is 6.68. The van der Waals surface area contributed by atoms with Gasteiger partial charge in [0.15, 0.2) is 0 Å². The van der Waals surface area contributed by atoms with Gasteiger partial charge in [-0.1, -0.05) is 18.2 Å². The fourth-order valence-corrected chi connectivity index (χ4v) is 5.18. The molecule has 0 radical (unpaired) electrons. The second-order valence-electron chi connectivity index (χ2n) is 8.30. The maximum Gasteiger partial charge on any atom is 0.230 e. The molecule has 5 heteroatoms. The van der Waals surface area contributed by atoms with E-state index in [1.807, 2.05) is 0 Å². The van der Waals surface area contributed by atoms with E-state index in [0.29, 0.717) is 12.5 Å². The van der Waals surface area contributed by atoms with E-state index in [9.17, 15) is 9.90 Å². The normalized spacial score (nSPS) is 31.2. The Morgan fingerprint density at radius 2 is 1.92 bits per heavy atom. The third kappa shape index (κ3) is 3.12. The summed E-state index contributed by atoms with van der Waals surface area (Å²) in [5.74, 6) is 0.0679. The smallest absolute Gasteiger partial charge is 0.230 e. The average molecular weight is 357 g/mol. The molecule has 0 unspecified atom stereocenters. The first-order valence-electron chi connectivity index (χ1n) is 10.1. The van der Waals surface area contributed by atoms with Gasteiger partial charge in [-0.2, -0.15) is 0 Å². The third-order valence-corrected chi connectivity index (χ3v) is 6.79. The van der Waals surface area contributed by atoms with Crippen LogP contribution >= 0.6 is 0 Å². The number of para-hydroxylation sites is 1. The van der Waals surface area contributed by atoms with Crippen molar-refractivity contribution in [2.24, 2.45) is 5.41 Å². The number of piperidine rings is 3. The second-order valence-corrected chi connectivity index (χ2v) is 8.30. The summed E-state index contributed by atoms with van der Waals surface area (Å²) >= 11 is 0. The van der Waals surface area contributed by atoms with Crippen LogP contribution in [0.3, 0.4) is 0 Å². The maximum absolute atomic E-state index is 12.6. The molecule has 3 heterocycles. The van der Waals surface area contributed by atoms with Gasteiger partial charge in [-0.3, -0.25) is 9.69 Å². The molecule has 0 saturated carbocycles. The van der Waals surface area contributed by atoms with Crippen LogP contribution in [0.4, 0.5) is 5.69 Å². The van der Waals surface area contributed by atoms with Crippen LogP contribution in [-0.2, 0) is 4.79 Å². The summed E-state index contributed by atoms with van der Waals surface area (Å²) < 4.78 is 0. The Bertz CT molecular complexity index is 656. The van der Waals surface area contributed by atoms with Gasteiger partial charge < -0.3 is 15.3 Å². The number of anilines is 1. The third-order valence-electron chi connectivity index (χ3n) is 6.79. The number of aliphatic hydroxyl groups is 1. The molecule has 1 amide bonds. The SMILES string of the molecule is Cc1ccccc1N1CCC(N2CC[C@H](O)[C@@]3(CCCNC3=O)C2)CC1. The summed E-state index contributed by atoms with van der Waals surface area (Å²) in [5, 5.41) is 13.6. The maximum atomic E-state index is 12.6. The monoisotopic (exact) mass is 357 g/mol. The van der Waals surface area contributed by atoms with Crippen molar-refractivity contribution in [3.05, 3.63) is 29.8 Å². The molecule has 1 spiro atoms. The molecule has 0 aromatic heterocycles. The van der Waals surface area contributed by atoms with Crippen LogP contribution in [0, 0.1) is 12.3 Å². The number of aliphatic hydroxyl groups excluding tert-OH is 1. The Hall–Kier alpha value is -1.59. The minimum absolute atomic E-state index is 0.0679. The number of amides is 1. The number of nitrogens with one attached hydrogen (secondary N) is 1. The Labute approximate surface area is 156 Å². The van der Waals surface area contributed by atoms with Gasteiger partial charge in [-0.15, -0.1) is 0 Å². The lowest BCUT2D eigenvalue weighted by Crippen LogP contribution is -2.63. The zero-order valence-corrected chi connectivity index (χ0v) is 15.8. The molecule has 3 saturated heterocycles. The molecule has 2 atom stereocenters.